The number of piperidine rings is 1. The van der Waals surface area contributed by atoms with Crippen LogP contribution < -0.4 is 19.5 Å². The summed E-state index contributed by atoms with van der Waals surface area (Å²) in [5.41, 5.74) is 3.96. The Morgan fingerprint density at radius 2 is 1.64 bits per heavy atom. The van der Waals surface area contributed by atoms with Crippen molar-refractivity contribution in [3.05, 3.63) is 111 Å². The van der Waals surface area contributed by atoms with Gasteiger partial charge in [-0.2, -0.15) is 0 Å². The van der Waals surface area contributed by atoms with Crippen molar-refractivity contribution < 1.29 is 33.6 Å². The van der Waals surface area contributed by atoms with Gasteiger partial charge in [0.15, 0.2) is 11.4 Å². The Hall–Kier alpha value is -4.35. The van der Waals surface area contributed by atoms with E-state index in [1.165, 1.54) is 6.07 Å². The lowest BCUT2D eigenvalue weighted by Crippen LogP contribution is -2.47. The number of hydrogen-bond donors (Lipinski definition) is 2. The van der Waals surface area contributed by atoms with Crippen LogP contribution in [0.15, 0.2) is 72.8 Å². The molecule has 2 fully saturated rings. The van der Waals surface area contributed by atoms with Crippen LogP contribution in [-0.4, -0.2) is 72.9 Å². The van der Waals surface area contributed by atoms with Gasteiger partial charge in [0, 0.05) is 38.9 Å². The molecule has 3 aromatic carbocycles. The Morgan fingerprint density at radius 3 is 2.36 bits per heavy atom. The third kappa shape index (κ3) is 10.4. The molecule has 2 N–H and O–H groups in total. The molecule has 1 saturated heterocycles. The van der Waals surface area contributed by atoms with Crippen LogP contribution in [0.2, 0.25) is 10.0 Å². The van der Waals surface area contributed by atoms with Gasteiger partial charge in [-0.15, -0.1) is 0 Å². The fraction of sp³-hybridized carbons (Fsp3) is 0.390. The number of aromatic nitrogens is 1. The summed E-state index contributed by atoms with van der Waals surface area (Å²) >= 11 is 12.6. The third-order valence-electron chi connectivity index (χ3n) is 9.48. The number of benzene rings is 3. The minimum atomic E-state index is -1.13. The maximum absolute atomic E-state index is 14.5. The fourth-order valence-electron chi connectivity index (χ4n) is 6.79. The van der Waals surface area contributed by atoms with Crippen LogP contribution in [0, 0.1) is 12.8 Å². The summed E-state index contributed by atoms with van der Waals surface area (Å²) in [6, 6.07) is 22.5. The highest BCUT2D eigenvalue weighted by Crippen LogP contribution is 2.38. The van der Waals surface area contributed by atoms with Crippen LogP contribution >= 0.6 is 23.2 Å². The molecule has 53 heavy (non-hydrogen) atoms. The van der Waals surface area contributed by atoms with Gasteiger partial charge >= 0.3 is 5.97 Å². The number of methoxy groups -OCH3 is 1. The second kappa shape index (κ2) is 18.1. The van der Waals surface area contributed by atoms with Crippen LogP contribution in [0.3, 0.4) is 0 Å². The van der Waals surface area contributed by atoms with E-state index in [4.69, 9.17) is 42.1 Å². The van der Waals surface area contributed by atoms with Crippen LogP contribution in [0.1, 0.15) is 64.3 Å². The van der Waals surface area contributed by atoms with Gasteiger partial charge in [0.1, 0.15) is 24.7 Å². The van der Waals surface area contributed by atoms with Gasteiger partial charge in [-0.25, -0.2) is 9.78 Å². The maximum atomic E-state index is 14.5. The van der Waals surface area contributed by atoms with E-state index in [-0.39, 0.29) is 42.0 Å². The van der Waals surface area contributed by atoms with Gasteiger partial charge in [0.05, 0.1) is 16.0 Å². The average Bonchev–Trinajstić information content (AvgIpc) is 3.99. The van der Waals surface area contributed by atoms with Crippen molar-refractivity contribution >= 4 is 35.1 Å². The number of rotatable bonds is 17. The van der Waals surface area contributed by atoms with Crippen molar-refractivity contribution in [2.75, 3.05) is 40.0 Å². The van der Waals surface area contributed by atoms with Crippen molar-refractivity contribution in [1.82, 2.24) is 15.2 Å². The van der Waals surface area contributed by atoms with E-state index >= 15 is 0 Å². The van der Waals surface area contributed by atoms with Crippen molar-refractivity contribution in [3.8, 4) is 23.1 Å². The summed E-state index contributed by atoms with van der Waals surface area (Å²) in [5, 5.41) is 13.8. The number of carboxylic acids is 1. The van der Waals surface area contributed by atoms with Crippen LogP contribution in [-0.2, 0) is 22.5 Å². The first-order valence-corrected chi connectivity index (χ1v) is 18.8. The molecule has 12 heteroatoms. The van der Waals surface area contributed by atoms with Gasteiger partial charge in [-0.05, 0) is 116 Å². The molecule has 0 spiro atoms. The van der Waals surface area contributed by atoms with Gasteiger partial charge in [-0.3, -0.25) is 4.79 Å². The summed E-state index contributed by atoms with van der Waals surface area (Å²) in [6.07, 6.45) is 4.36. The maximum Gasteiger partial charge on any atom is 0.354 e. The zero-order valence-corrected chi connectivity index (χ0v) is 31.5. The molecular weight excluding hydrogens is 717 g/mol. The zero-order chi connectivity index (χ0) is 37.3. The molecular formula is C41H45Cl2N3O7. The van der Waals surface area contributed by atoms with E-state index in [1.807, 2.05) is 48.2 Å². The Morgan fingerprint density at radius 1 is 0.906 bits per heavy atom. The highest BCUT2D eigenvalue weighted by Gasteiger charge is 2.40. The summed E-state index contributed by atoms with van der Waals surface area (Å²) < 4.78 is 23.1. The lowest BCUT2D eigenvalue weighted by molar-refractivity contribution is -0.138. The molecule has 0 unspecified atom stereocenters. The number of pyridine rings is 1. The number of carbonyl (C=O) groups excluding carboxylic acids is 1. The van der Waals surface area contributed by atoms with Gasteiger partial charge in [0.2, 0.25) is 11.8 Å². The van der Waals surface area contributed by atoms with E-state index in [9.17, 15) is 14.7 Å². The number of aromatic carboxylic acids is 1. The second-order valence-electron chi connectivity index (χ2n) is 13.6. The number of nitrogens with one attached hydrogen (secondary N) is 1. The van der Waals surface area contributed by atoms with Crippen molar-refractivity contribution in [3.63, 3.8) is 0 Å². The number of hydrogen-bond acceptors (Lipinski definition) is 8. The summed E-state index contributed by atoms with van der Waals surface area (Å²) in [5.74, 6) is 0.738. The van der Waals surface area contributed by atoms with Crippen LogP contribution in [0.4, 0.5) is 0 Å². The van der Waals surface area contributed by atoms with E-state index in [1.54, 1.807) is 19.2 Å². The van der Waals surface area contributed by atoms with Crippen LogP contribution in [0.25, 0.3) is 0 Å². The first kappa shape index (κ1) is 38.4. The molecule has 2 atom stereocenters. The van der Waals surface area contributed by atoms with Gasteiger partial charge < -0.3 is 34.3 Å². The van der Waals surface area contributed by atoms with E-state index in [2.05, 4.69) is 28.5 Å². The smallest absolute Gasteiger partial charge is 0.354 e. The minimum Gasteiger partial charge on any atom is -0.490 e. The molecule has 2 heterocycles. The summed E-state index contributed by atoms with van der Waals surface area (Å²) in [6.45, 7) is 5.01. The van der Waals surface area contributed by atoms with Crippen molar-refractivity contribution in [2.24, 2.45) is 5.92 Å². The molecule has 6 rings (SSSR count). The van der Waals surface area contributed by atoms with E-state index < -0.39 is 5.97 Å². The van der Waals surface area contributed by atoms with Gasteiger partial charge in [0.25, 0.3) is 0 Å². The number of amides is 1. The highest BCUT2D eigenvalue weighted by molar-refractivity contribution is 6.37. The average molecular weight is 763 g/mol. The minimum absolute atomic E-state index is 0.0556. The van der Waals surface area contributed by atoms with Crippen molar-refractivity contribution in [1.29, 1.82) is 0 Å². The lowest BCUT2D eigenvalue weighted by Gasteiger charge is -2.36. The first-order valence-electron chi connectivity index (χ1n) is 18.0. The zero-order valence-electron chi connectivity index (χ0n) is 30.0. The number of aryl methyl sites for hydroxylation is 2. The molecule has 1 amide bonds. The standard InChI is InChI=1S/C41H45Cl2N3O7/c1-26-19-35(42)39(36(43)20-26)52-18-17-51-31-12-8-29(9-13-31)33-14-15-44-24-34(33)40(47)46(30-10-11-30)25-28-21-27(5-4-16-50-2)22-32(23-28)53-38-7-3-6-37(45-38)41(48)49/h3,6-9,12-13,19-23,30,33-34,44H,4-5,10-11,14-18,24-25H2,1-2H3,(H,48,49)/t33-,34+/m1/s1. The number of carbonyl (C=O) groups is 2. The van der Waals surface area contributed by atoms with Gasteiger partial charge in [-0.1, -0.05) is 47.5 Å². The molecule has 1 saturated carbocycles. The third-order valence-corrected chi connectivity index (χ3v) is 10.0. The number of halogens is 2. The largest absolute Gasteiger partial charge is 0.490 e. The molecule has 280 valence electrons. The molecule has 1 aromatic heterocycles. The summed E-state index contributed by atoms with van der Waals surface area (Å²) in [7, 11) is 1.68. The molecule has 1 aliphatic heterocycles. The topological polar surface area (TPSA) is 119 Å². The SMILES string of the molecule is COCCCc1cc(CN(C(=O)[C@H]2CNCC[C@@H]2c2ccc(OCCOc3c(Cl)cc(C)cc3Cl)cc2)C2CC2)cc(Oc2cccc(C(=O)O)n2)c1. The second-order valence-corrected chi connectivity index (χ2v) is 14.4. The van der Waals surface area contributed by atoms with Crippen LogP contribution in [0.5, 0.6) is 23.1 Å². The monoisotopic (exact) mass is 761 g/mol. The first-order chi connectivity index (χ1) is 25.7. The number of carboxylic acid groups (broad SMARTS) is 1. The Labute approximate surface area is 320 Å². The Balaban J connectivity index is 1.13. The Kier molecular flexibility index (Phi) is 13.1. The molecule has 0 bridgehead atoms. The number of nitrogens with zero attached hydrogens (tertiary/aromatic N) is 2. The normalized spacial score (nSPS) is 16.9. The molecule has 1 aliphatic carbocycles. The fourth-order valence-corrected chi connectivity index (χ4v) is 7.50. The highest BCUT2D eigenvalue weighted by atomic mass is 35.5. The van der Waals surface area contributed by atoms with E-state index in [0.29, 0.717) is 53.6 Å². The summed E-state index contributed by atoms with van der Waals surface area (Å²) in [4.78, 5) is 32.2. The lowest BCUT2D eigenvalue weighted by atomic mass is 9.80. The molecule has 0 radical (unpaired) electrons. The predicted octanol–water partition coefficient (Wildman–Crippen LogP) is 8.11. The van der Waals surface area contributed by atoms with E-state index in [0.717, 1.165) is 60.9 Å². The molecule has 10 nitrogen and oxygen atoms in total. The number of ether oxygens (including phenoxy) is 4. The Bertz CT molecular complexity index is 1860. The molecule has 2 aliphatic rings. The molecule has 4 aromatic rings. The predicted molar refractivity (Wildman–Crippen MR) is 204 cm³/mol. The van der Waals surface area contributed by atoms with Crippen molar-refractivity contribution in [2.45, 2.75) is 57.5 Å². The quantitative estimate of drug-likeness (QED) is 0.103.